The largest absolute Gasteiger partial charge is 0.573 e. The highest BCUT2D eigenvalue weighted by Gasteiger charge is 2.39. The van der Waals surface area contributed by atoms with Gasteiger partial charge in [0, 0.05) is 19.9 Å². The molecule has 0 aromatic heterocycles. The van der Waals surface area contributed by atoms with Gasteiger partial charge in [0.2, 0.25) is 6.10 Å². The summed E-state index contributed by atoms with van der Waals surface area (Å²) < 4.78 is 73.0. The second-order valence-corrected chi connectivity index (χ2v) is 12.4. The van der Waals surface area contributed by atoms with E-state index >= 15 is 0 Å². The number of likely N-dealkylation sites (N-methyl/N-ethyl adjacent to an activating group) is 2. The molecule has 0 aliphatic rings. The summed E-state index contributed by atoms with van der Waals surface area (Å²) >= 11 is 0. The fourth-order valence-electron chi connectivity index (χ4n) is 4.64. The van der Waals surface area contributed by atoms with Crippen molar-refractivity contribution in [3.8, 4) is 5.75 Å². The summed E-state index contributed by atoms with van der Waals surface area (Å²) in [5, 5.41) is 2.84. The molecular weight excluding hydrogens is 640 g/mol. The van der Waals surface area contributed by atoms with Crippen molar-refractivity contribution < 1.29 is 55.7 Å². The van der Waals surface area contributed by atoms with E-state index in [1.165, 1.54) is 40.0 Å². The summed E-state index contributed by atoms with van der Waals surface area (Å²) in [6.07, 6.45) is -8.33. The van der Waals surface area contributed by atoms with Gasteiger partial charge in [0.25, 0.3) is 5.91 Å². The van der Waals surface area contributed by atoms with Crippen LogP contribution in [-0.2, 0) is 46.4 Å². The molecule has 1 amide bonds. The van der Waals surface area contributed by atoms with Gasteiger partial charge in [-0.2, -0.15) is 0 Å². The van der Waals surface area contributed by atoms with Gasteiger partial charge in [0.15, 0.2) is 6.10 Å². The van der Waals surface area contributed by atoms with Gasteiger partial charge in [-0.15, -0.1) is 13.2 Å². The molecule has 0 heterocycles. The zero-order valence-electron chi connectivity index (χ0n) is 28.1. The van der Waals surface area contributed by atoms with Gasteiger partial charge in [0.05, 0.1) is 0 Å². The maximum Gasteiger partial charge on any atom is 0.573 e. The van der Waals surface area contributed by atoms with Crippen LogP contribution in [0.1, 0.15) is 58.6 Å². The normalized spacial score (nSPS) is 14.3. The Bertz CT molecular complexity index is 1350. The molecule has 0 aliphatic carbocycles. The Hall–Kier alpha value is -4.20. The fraction of sp³-hybridized carbons (Fsp3) is 0.529. The highest BCUT2D eigenvalue weighted by Crippen LogP contribution is 2.25. The zero-order chi connectivity index (χ0) is 36.2. The number of esters is 3. The van der Waals surface area contributed by atoms with E-state index < -0.39 is 72.3 Å². The molecule has 0 fully saturated rings. The molecule has 0 spiro atoms. The molecule has 4 atom stereocenters. The van der Waals surface area contributed by atoms with Crippen molar-refractivity contribution >= 4 is 23.8 Å². The molecule has 2 aromatic rings. The number of rotatable bonds is 17. The Morgan fingerprint density at radius 3 is 1.96 bits per heavy atom. The van der Waals surface area contributed by atoms with E-state index in [1.54, 1.807) is 37.4 Å². The summed E-state index contributed by atoms with van der Waals surface area (Å²) in [5.74, 6) is -4.00. The molecule has 48 heavy (non-hydrogen) atoms. The van der Waals surface area contributed by atoms with Gasteiger partial charge in [-0.25, -0.2) is 14.0 Å². The third kappa shape index (κ3) is 13.9. The molecule has 1 N–H and O–H groups in total. The molecule has 266 valence electrons. The molecule has 10 nitrogen and oxygen atoms in total. The number of nitrogens with one attached hydrogen (secondary N) is 1. The predicted molar refractivity (Wildman–Crippen MR) is 167 cm³/mol. The summed E-state index contributed by atoms with van der Waals surface area (Å²) in [4.78, 5) is 53.8. The van der Waals surface area contributed by atoms with E-state index in [0.717, 1.165) is 17.0 Å². The molecule has 0 saturated heterocycles. The Balaban J connectivity index is 2.31. The SMILES string of the molecule is CN[C@@H](CC(C)C)C(=O)O[C@@H](C)C(=O)N(C)[C@@H](CC(C)(C)F)C(=O)O[C@@H](Cc1ccc(OC(F)(F)F)cc1)C(=O)OCc1ccccc1. The van der Waals surface area contributed by atoms with E-state index in [9.17, 15) is 36.7 Å². The maximum atomic E-state index is 15.0. The molecule has 2 aromatic carbocycles. The first-order chi connectivity index (χ1) is 22.3. The van der Waals surface area contributed by atoms with E-state index in [1.807, 2.05) is 13.8 Å². The average Bonchev–Trinajstić information content (AvgIpc) is 3.00. The van der Waals surface area contributed by atoms with Crippen LogP contribution in [0.5, 0.6) is 5.75 Å². The lowest BCUT2D eigenvalue weighted by Gasteiger charge is -2.32. The minimum absolute atomic E-state index is 0.146. The molecule has 14 heteroatoms. The van der Waals surface area contributed by atoms with Crippen LogP contribution < -0.4 is 10.1 Å². The predicted octanol–water partition coefficient (Wildman–Crippen LogP) is 5.31. The molecule has 0 bridgehead atoms. The summed E-state index contributed by atoms with van der Waals surface area (Å²) in [5.41, 5.74) is -1.08. The van der Waals surface area contributed by atoms with Crippen LogP contribution in [0, 0.1) is 5.92 Å². The number of halogens is 4. The second kappa shape index (κ2) is 17.8. The first kappa shape index (κ1) is 40.0. The van der Waals surface area contributed by atoms with Crippen molar-refractivity contribution in [3.05, 3.63) is 65.7 Å². The smallest absolute Gasteiger partial charge is 0.458 e. The van der Waals surface area contributed by atoms with Crippen molar-refractivity contribution in [2.75, 3.05) is 14.1 Å². The van der Waals surface area contributed by atoms with Crippen LogP contribution in [0.4, 0.5) is 17.6 Å². The number of benzene rings is 2. The Labute approximate surface area is 278 Å². The number of carbonyl (C=O) groups excluding carboxylic acids is 4. The average molecular weight is 685 g/mol. The quantitative estimate of drug-likeness (QED) is 0.134. The molecule has 0 saturated carbocycles. The third-order valence-corrected chi connectivity index (χ3v) is 7.07. The summed E-state index contributed by atoms with van der Waals surface area (Å²) in [7, 11) is 2.80. The number of carbonyl (C=O) groups is 4. The first-order valence-electron chi connectivity index (χ1n) is 15.4. The molecular formula is C34H44F4N2O8. The lowest BCUT2D eigenvalue weighted by atomic mass is 9.99. The van der Waals surface area contributed by atoms with Crippen LogP contribution in [0.25, 0.3) is 0 Å². The van der Waals surface area contributed by atoms with Gasteiger partial charge in [0.1, 0.15) is 30.1 Å². The number of hydrogen-bond donors (Lipinski definition) is 1. The van der Waals surface area contributed by atoms with Gasteiger partial charge in [-0.1, -0.05) is 56.3 Å². The highest BCUT2D eigenvalue weighted by atomic mass is 19.4. The maximum absolute atomic E-state index is 15.0. The zero-order valence-corrected chi connectivity index (χ0v) is 28.1. The fourth-order valence-corrected chi connectivity index (χ4v) is 4.64. The van der Waals surface area contributed by atoms with E-state index in [2.05, 4.69) is 10.1 Å². The Morgan fingerprint density at radius 2 is 1.44 bits per heavy atom. The van der Waals surface area contributed by atoms with Crippen LogP contribution in [0.2, 0.25) is 0 Å². The van der Waals surface area contributed by atoms with Crippen LogP contribution in [-0.4, -0.2) is 79.1 Å². The number of amides is 1. The Morgan fingerprint density at radius 1 is 0.833 bits per heavy atom. The van der Waals surface area contributed by atoms with Crippen molar-refractivity contribution in [1.82, 2.24) is 10.2 Å². The summed E-state index contributed by atoms with van der Waals surface area (Å²) in [6.45, 7) is 7.34. The third-order valence-electron chi connectivity index (χ3n) is 7.07. The number of alkyl halides is 4. The lowest BCUT2D eigenvalue weighted by molar-refractivity contribution is -0.274. The Kier molecular flexibility index (Phi) is 14.8. The first-order valence-corrected chi connectivity index (χ1v) is 15.4. The van der Waals surface area contributed by atoms with E-state index in [-0.39, 0.29) is 24.5 Å². The van der Waals surface area contributed by atoms with Crippen LogP contribution in [0.3, 0.4) is 0 Å². The van der Waals surface area contributed by atoms with Crippen molar-refractivity contribution in [3.63, 3.8) is 0 Å². The lowest BCUT2D eigenvalue weighted by Crippen LogP contribution is -2.51. The topological polar surface area (TPSA) is 120 Å². The number of nitrogens with zero attached hydrogens (tertiary/aromatic N) is 1. The standard InChI is InChI=1S/C34H44F4N2O8/c1-21(2)17-26(39-6)30(42)46-22(3)29(41)40(7)27(19-33(4,5)35)31(43)47-28(32(44)45-20-24-11-9-8-10-12-24)18-23-13-15-25(16-14-23)48-34(36,37)38/h8-16,21-22,26-28,39H,17-20H2,1-7H3/t22-,26-,27-,28-/m0/s1. The van der Waals surface area contributed by atoms with E-state index in [4.69, 9.17) is 14.2 Å². The van der Waals surface area contributed by atoms with Crippen molar-refractivity contribution in [2.24, 2.45) is 5.92 Å². The molecule has 0 unspecified atom stereocenters. The molecule has 2 rings (SSSR count). The van der Waals surface area contributed by atoms with E-state index in [0.29, 0.717) is 12.0 Å². The second-order valence-electron chi connectivity index (χ2n) is 12.4. The van der Waals surface area contributed by atoms with Gasteiger partial charge >= 0.3 is 24.3 Å². The van der Waals surface area contributed by atoms with Crippen molar-refractivity contribution in [2.45, 2.75) is 96.8 Å². The minimum atomic E-state index is -4.91. The van der Waals surface area contributed by atoms with Gasteiger partial charge in [-0.3, -0.25) is 9.59 Å². The number of hydrogen-bond acceptors (Lipinski definition) is 9. The minimum Gasteiger partial charge on any atom is -0.458 e. The number of ether oxygens (including phenoxy) is 4. The van der Waals surface area contributed by atoms with Crippen LogP contribution in [0.15, 0.2) is 54.6 Å². The van der Waals surface area contributed by atoms with Gasteiger partial charge < -0.3 is 29.2 Å². The van der Waals surface area contributed by atoms with Crippen LogP contribution >= 0.6 is 0 Å². The molecule has 0 radical (unpaired) electrons. The molecule has 0 aliphatic heterocycles. The van der Waals surface area contributed by atoms with Crippen molar-refractivity contribution in [1.29, 1.82) is 0 Å². The monoisotopic (exact) mass is 684 g/mol. The highest BCUT2D eigenvalue weighted by molar-refractivity contribution is 5.89. The van der Waals surface area contributed by atoms with Gasteiger partial charge in [-0.05, 0) is 63.4 Å². The summed E-state index contributed by atoms with van der Waals surface area (Å²) in [6, 6.07) is 10.9.